The Morgan fingerprint density at radius 2 is 2.12 bits per heavy atom. The topological polar surface area (TPSA) is 93.5 Å². The molecule has 0 aromatic rings. The Kier molecular flexibility index (Phi) is 6.17. The molecule has 0 aliphatic rings. The Hall–Kier alpha value is -1.56. The van der Waals surface area contributed by atoms with E-state index in [4.69, 9.17) is 11.5 Å². The Labute approximate surface area is 96.6 Å². The molecule has 0 saturated heterocycles. The lowest BCUT2D eigenvalue weighted by Crippen LogP contribution is -2.48. The third-order valence-electron chi connectivity index (χ3n) is 2.08. The van der Waals surface area contributed by atoms with E-state index in [9.17, 15) is 4.79 Å². The van der Waals surface area contributed by atoms with Crippen LogP contribution in [-0.2, 0) is 4.79 Å². The highest BCUT2D eigenvalue weighted by Crippen LogP contribution is 1.97. The minimum atomic E-state index is -0.157. The zero-order valence-electron chi connectivity index (χ0n) is 10.1. The van der Waals surface area contributed by atoms with E-state index in [1.54, 1.807) is 0 Å². The summed E-state index contributed by atoms with van der Waals surface area (Å²) in [5, 5.41) is 2.75. The van der Waals surface area contributed by atoms with Gasteiger partial charge in [-0.1, -0.05) is 6.58 Å². The maximum absolute atomic E-state index is 11.0. The molecule has 0 aromatic heterocycles. The SMILES string of the molecule is C=CC(=O)NC[N+](C)(C)CCCN=C(N)N. The van der Waals surface area contributed by atoms with Crippen molar-refractivity contribution in [1.82, 2.24) is 5.32 Å². The molecule has 0 saturated carbocycles. The molecule has 0 aliphatic heterocycles. The van der Waals surface area contributed by atoms with Crippen LogP contribution in [0.15, 0.2) is 17.6 Å². The minimum Gasteiger partial charge on any atom is -0.370 e. The average molecular weight is 228 g/mol. The molecular weight excluding hydrogens is 206 g/mol. The fraction of sp³-hybridized carbons (Fsp3) is 0.600. The zero-order valence-corrected chi connectivity index (χ0v) is 10.1. The van der Waals surface area contributed by atoms with Gasteiger partial charge in [0.05, 0.1) is 20.6 Å². The lowest BCUT2D eigenvalue weighted by molar-refractivity contribution is -0.892. The van der Waals surface area contributed by atoms with Gasteiger partial charge < -0.3 is 21.3 Å². The first-order valence-electron chi connectivity index (χ1n) is 5.15. The molecule has 92 valence electrons. The van der Waals surface area contributed by atoms with Crippen LogP contribution in [-0.4, -0.2) is 50.2 Å². The number of hydrogen-bond donors (Lipinski definition) is 3. The first-order valence-corrected chi connectivity index (χ1v) is 5.15. The van der Waals surface area contributed by atoms with Crippen LogP contribution in [0.1, 0.15) is 6.42 Å². The van der Waals surface area contributed by atoms with Crippen LogP contribution in [0.3, 0.4) is 0 Å². The van der Waals surface area contributed by atoms with Crippen molar-refractivity contribution < 1.29 is 9.28 Å². The summed E-state index contributed by atoms with van der Waals surface area (Å²) in [6, 6.07) is 0. The zero-order chi connectivity index (χ0) is 12.6. The highest BCUT2D eigenvalue weighted by Gasteiger charge is 2.14. The highest BCUT2D eigenvalue weighted by atomic mass is 16.1. The largest absolute Gasteiger partial charge is 0.370 e. The molecule has 0 radical (unpaired) electrons. The highest BCUT2D eigenvalue weighted by molar-refractivity contribution is 5.86. The van der Waals surface area contributed by atoms with Gasteiger partial charge in [0.25, 0.3) is 0 Å². The summed E-state index contributed by atoms with van der Waals surface area (Å²) in [7, 11) is 4.05. The van der Waals surface area contributed by atoms with Crippen LogP contribution in [0.5, 0.6) is 0 Å². The molecule has 0 aliphatic carbocycles. The second-order valence-corrected chi connectivity index (χ2v) is 4.22. The van der Waals surface area contributed by atoms with E-state index in [1.807, 2.05) is 14.1 Å². The summed E-state index contributed by atoms with van der Waals surface area (Å²) < 4.78 is 0.680. The molecule has 0 atom stereocenters. The van der Waals surface area contributed by atoms with Crippen molar-refractivity contribution in [3.63, 3.8) is 0 Å². The molecule has 0 spiro atoms. The van der Waals surface area contributed by atoms with Gasteiger partial charge in [-0.25, -0.2) is 0 Å². The number of nitrogens with two attached hydrogens (primary N) is 2. The van der Waals surface area contributed by atoms with Crippen molar-refractivity contribution >= 4 is 11.9 Å². The molecule has 16 heavy (non-hydrogen) atoms. The molecule has 0 bridgehead atoms. The summed E-state index contributed by atoms with van der Waals surface area (Å²) in [5.74, 6) is -0.0410. The van der Waals surface area contributed by atoms with Crippen molar-refractivity contribution in [2.45, 2.75) is 6.42 Å². The van der Waals surface area contributed by atoms with Crippen molar-refractivity contribution in [3.05, 3.63) is 12.7 Å². The number of hydrogen-bond acceptors (Lipinski definition) is 2. The van der Waals surface area contributed by atoms with Crippen molar-refractivity contribution in [1.29, 1.82) is 0 Å². The molecule has 0 fully saturated rings. The van der Waals surface area contributed by atoms with E-state index < -0.39 is 0 Å². The maximum atomic E-state index is 11.0. The van der Waals surface area contributed by atoms with E-state index in [-0.39, 0.29) is 11.9 Å². The van der Waals surface area contributed by atoms with E-state index in [1.165, 1.54) is 6.08 Å². The number of carbonyl (C=O) groups excluding carboxylic acids is 1. The summed E-state index contributed by atoms with van der Waals surface area (Å²) >= 11 is 0. The number of rotatable bonds is 7. The first-order chi connectivity index (χ1) is 7.37. The fourth-order valence-corrected chi connectivity index (χ4v) is 1.15. The molecule has 0 unspecified atom stereocenters. The average Bonchev–Trinajstić information content (AvgIpc) is 2.21. The lowest BCUT2D eigenvalue weighted by atomic mass is 10.3. The monoisotopic (exact) mass is 228 g/mol. The smallest absolute Gasteiger partial charge is 0.247 e. The predicted molar refractivity (Wildman–Crippen MR) is 65.5 cm³/mol. The van der Waals surface area contributed by atoms with Gasteiger partial charge in [-0.2, -0.15) is 0 Å². The number of carbonyl (C=O) groups is 1. The van der Waals surface area contributed by atoms with Gasteiger partial charge in [0.2, 0.25) is 5.91 Å². The molecule has 6 heteroatoms. The van der Waals surface area contributed by atoms with Crippen LogP contribution in [0.4, 0.5) is 0 Å². The van der Waals surface area contributed by atoms with Crippen molar-refractivity contribution in [2.24, 2.45) is 16.5 Å². The third-order valence-corrected chi connectivity index (χ3v) is 2.08. The summed E-state index contributed by atoms with van der Waals surface area (Å²) in [4.78, 5) is 14.9. The fourth-order valence-electron chi connectivity index (χ4n) is 1.15. The minimum absolute atomic E-state index is 0.116. The number of amides is 1. The third kappa shape index (κ3) is 7.81. The summed E-state index contributed by atoms with van der Waals surface area (Å²) in [5.41, 5.74) is 10.4. The number of guanidine groups is 1. The van der Waals surface area contributed by atoms with Crippen LogP contribution in [0, 0.1) is 0 Å². The second kappa shape index (κ2) is 6.84. The Balaban J connectivity index is 3.82. The quantitative estimate of drug-likeness (QED) is 0.130. The second-order valence-electron chi connectivity index (χ2n) is 4.22. The first kappa shape index (κ1) is 14.4. The van der Waals surface area contributed by atoms with Crippen molar-refractivity contribution in [3.8, 4) is 0 Å². The molecule has 0 aromatic carbocycles. The Morgan fingerprint density at radius 1 is 1.50 bits per heavy atom. The van der Waals surface area contributed by atoms with Crippen LogP contribution >= 0.6 is 0 Å². The molecule has 0 heterocycles. The van der Waals surface area contributed by atoms with Gasteiger partial charge in [0.15, 0.2) is 12.6 Å². The van der Waals surface area contributed by atoms with E-state index in [0.717, 1.165) is 13.0 Å². The van der Waals surface area contributed by atoms with Crippen molar-refractivity contribution in [2.75, 3.05) is 33.9 Å². The predicted octanol–water partition coefficient (Wildman–Crippen LogP) is -1.01. The number of nitrogens with one attached hydrogen (secondary N) is 1. The normalized spacial score (nSPS) is 10.6. The number of aliphatic imine (C=N–C) groups is 1. The van der Waals surface area contributed by atoms with Crippen LogP contribution < -0.4 is 16.8 Å². The van der Waals surface area contributed by atoms with Crippen LogP contribution in [0.2, 0.25) is 0 Å². The number of quaternary nitrogens is 1. The Morgan fingerprint density at radius 3 is 2.62 bits per heavy atom. The maximum Gasteiger partial charge on any atom is 0.247 e. The molecule has 6 nitrogen and oxygen atoms in total. The molecule has 0 rings (SSSR count). The molecular formula is C10H22N5O+. The van der Waals surface area contributed by atoms with Gasteiger partial charge in [-0.3, -0.25) is 9.79 Å². The Bertz CT molecular complexity index is 268. The van der Waals surface area contributed by atoms with Gasteiger partial charge in [0, 0.05) is 13.0 Å². The van der Waals surface area contributed by atoms with E-state index in [2.05, 4.69) is 16.9 Å². The van der Waals surface area contributed by atoms with Gasteiger partial charge in [-0.05, 0) is 6.08 Å². The standard InChI is InChI=1S/C10H21N5O/c1-4-9(16)14-8-15(2,3)7-5-6-13-10(11)12/h4H,1,5-8H2,2-3H3,(H4-,11,12,13,14,16)/p+1. The van der Waals surface area contributed by atoms with E-state index in [0.29, 0.717) is 17.7 Å². The molecule has 1 amide bonds. The number of nitrogens with zero attached hydrogens (tertiary/aromatic N) is 2. The van der Waals surface area contributed by atoms with Gasteiger partial charge in [-0.15, -0.1) is 0 Å². The summed E-state index contributed by atoms with van der Waals surface area (Å²) in [6.45, 7) is 5.45. The van der Waals surface area contributed by atoms with Gasteiger partial charge in [0.1, 0.15) is 0 Å². The van der Waals surface area contributed by atoms with E-state index >= 15 is 0 Å². The summed E-state index contributed by atoms with van der Waals surface area (Å²) in [6.07, 6.45) is 2.13. The van der Waals surface area contributed by atoms with Gasteiger partial charge >= 0.3 is 0 Å². The molecule has 5 N–H and O–H groups in total. The van der Waals surface area contributed by atoms with Crippen LogP contribution in [0.25, 0.3) is 0 Å². The lowest BCUT2D eigenvalue weighted by Gasteiger charge is -2.29.